The Balaban J connectivity index is 2.33. The van der Waals surface area contributed by atoms with Crippen LogP contribution in [0.3, 0.4) is 0 Å². The van der Waals surface area contributed by atoms with Crippen LogP contribution >= 0.6 is 55.1 Å². The Morgan fingerprint density at radius 1 is 1.00 bits per heavy atom. The standard InChI is InChI=1S/C13H6Br2Cl2O2/c14-9-3-8(2-1-7(9)6-18)19-13-5-11(16)10(15)4-12(13)17/h1-6H. The van der Waals surface area contributed by atoms with Gasteiger partial charge in [-0.2, -0.15) is 0 Å². The van der Waals surface area contributed by atoms with Gasteiger partial charge < -0.3 is 4.74 Å². The second-order valence-electron chi connectivity index (χ2n) is 3.60. The molecule has 19 heavy (non-hydrogen) atoms. The summed E-state index contributed by atoms with van der Waals surface area (Å²) in [4.78, 5) is 10.7. The van der Waals surface area contributed by atoms with Gasteiger partial charge in [-0.05, 0) is 56.1 Å². The molecule has 0 N–H and O–H groups in total. The summed E-state index contributed by atoms with van der Waals surface area (Å²) in [5.41, 5.74) is 0.548. The van der Waals surface area contributed by atoms with Crippen LogP contribution in [0.15, 0.2) is 39.3 Å². The van der Waals surface area contributed by atoms with Crippen LogP contribution < -0.4 is 4.74 Å². The lowest BCUT2D eigenvalue weighted by Gasteiger charge is -2.09. The van der Waals surface area contributed by atoms with Crippen LogP contribution in [-0.2, 0) is 0 Å². The van der Waals surface area contributed by atoms with Gasteiger partial charge in [0.1, 0.15) is 11.5 Å². The fraction of sp³-hybridized carbons (Fsp3) is 0. The van der Waals surface area contributed by atoms with E-state index in [1.54, 1.807) is 30.3 Å². The lowest BCUT2D eigenvalue weighted by molar-refractivity contribution is 0.112. The van der Waals surface area contributed by atoms with Crippen LogP contribution in [0.5, 0.6) is 11.5 Å². The number of benzene rings is 2. The van der Waals surface area contributed by atoms with Gasteiger partial charge in [0.2, 0.25) is 0 Å². The van der Waals surface area contributed by atoms with E-state index in [-0.39, 0.29) is 0 Å². The van der Waals surface area contributed by atoms with Gasteiger partial charge in [0.15, 0.2) is 6.29 Å². The molecule has 98 valence electrons. The third-order valence-electron chi connectivity index (χ3n) is 2.30. The van der Waals surface area contributed by atoms with Crippen molar-refractivity contribution in [1.82, 2.24) is 0 Å². The molecule has 0 atom stereocenters. The van der Waals surface area contributed by atoms with E-state index in [1.807, 2.05) is 0 Å². The molecule has 2 nitrogen and oxygen atoms in total. The van der Waals surface area contributed by atoms with E-state index in [0.29, 0.717) is 36.1 Å². The van der Waals surface area contributed by atoms with Crippen molar-refractivity contribution in [1.29, 1.82) is 0 Å². The second-order valence-corrected chi connectivity index (χ2v) is 6.12. The topological polar surface area (TPSA) is 26.3 Å². The Morgan fingerprint density at radius 2 is 1.74 bits per heavy atom. The van der Waals surface area contributed by atoms with Crippen LogP contribution in [0.2, 0.25) is 10.0 Å². The minimum atomic E-state index is 0.437. The van der Waals surface area contributed by atoms with Crippen LogP contribution in [0.4, 0.5) is 0 Å². The first-order chi connectivity index (χ1) is 9.01. The van der Waals surface area contributed by atoms with Crippen molar-refractivity contribution in [2.24, 2.45) is 0 Å². The predicted octanol–water partition coefficient (Wildman–Crippen LogP) is 6.12. The summed E-state index contributed by atoms with van der Waals surface area (Å²) in [5.74, 6) is 0.999. The van der Waals surface area contributed by atoms with Crippen LogP contribution in [-0.4, -0.2) is 6.29 Å². The molecule has 2 aromatic carbocycles. The van der Waals surface area contributed by atoms with Crippen molar-refractivity contribution >= 4 is 61.3 Å². The fourth-order valence-corrected chi connectivity index (χ4v) is 2.66. The van der Waals surface area contributed by atoms with Crippen molar-refractivity contribution in [3.05, 3.63) is 54.9 Å². The Kier molecular flexibility index (Phi) is 4.90. The maximum atomic E-state index is 10.7. The summed E-state index contributed by atoms with van der Waals surface area (Å²) in [7, 11) is 0. The molecule has 0 aliphatic rings. The molecule has 2 aromatic rings. The summed E-state index contributed by atoms with van der Waals surface area (Å²) in [5, 5.41) is 0.940. The molecule has 0 aromatic heterocycles. The number of rotatable bonds is 3. The molecular weight excluding hydrogens is 419 g/mol. The zero-order valence-corrected chi connectivity index (χ0v) is 14.0. The van der Waals surface area contributed by atoms with Gasteiger partial charge in [-0.25, -0.2) is 0 Å². The van der Waals surface area contributed by atoms with Crippen molar-refractivity contribution < 1.29 is 9.53 Å². The van der Waals surface area contributed by atoms with E-state index in [0.717, 1.165) is 6.29 Å². The molecule has 0 aliphatic heterocycles. The molecule has 0 saturated carbocycles. The highest BCUT2D eigenvalue weighted by molar-refractivity contribution is 9.10. The van der Waals surface area contributed by atoms with E-state index >= 15 is 0 Å². The Labute approximate surface area is 136 Å². The average molecular weight is 425 g/mol. The van der Waals surface area contributed by atoms with Crippen molar-refractivity contribution in [2.45, 2.75) is 0 Å². The highest BCUT2D eigenvalue weighted by Gasteiger charge is 2.09. The van der Waals surface area contributed by atoms with Crippen LogP contribution in [0, 0.1) is 0 Å². The SMILES string of the molecule is O=Cc1ccc(Oc2cc(Cl)c(Br)cc2Cl)cc1Br. The maximum Gasteiger partial charge on any atom is 0.151 e. The summed E-state index contributed by atoms with van der Waals surface area (Å²) >= 11 is 18.6. The quantitative estimate of drug-likeness (QED) is 0.438. The molecule has 0 bridgehead atoms. The number of hydrogen-bond donors (Lipinski definition) is 0. The van der Waals surface area contributed by atoms with Crippen LogP contribution in [0.25, 0.3) is 0 Å². The van der Waals surface area contributed by atoms with Gasteiger partial charge >= 0.3 is 0 Å². The summed E-state index contributed by atoms with van der Waals surface area (Å²) in [6.07, 6.45) is 0.761. The molecule has 0 fully saturated rings. The smallest absolute Gasteiger partial charge is 0.151 e. The minimum Gasteiger partial charge on any atom is -0.456 e. The number of carbonyl (C=O) groups excluding carboxylic acids is 1. The van der Waals surface area contributed by atoms with Gasteiger partial charge in [-0.15, -0.1) is 0 Å². The summed E-state index contributed by atoms with van der Waals surface area (Å²) in [6.45, 7) is 0. The molecular formula is C13H6Br2Cl2O2. The Morgan fingerprint density at radius 3 is 2.37 bits per heavy atom. The van der Waals surface area contributed by atoms with Crippen molar-refractivity contribution in [3.63, 3.8) is 0 Å². The van der Waals surface area contributed by atoms with E-state index in [4.69, 9.17) is 27.9 Å². The number of ether oxygens (including phenoxy) is 1. The normalized spacial score (nSPS) is 10.3. The zero-order valence-electron chi connectivity index (χ0n) is 9.29. The molecule has 0 heterocycles. The second kappa shape index (κ2) is 6.27. The molecule has 0 amide bonds. The Hall–Kier alpha value is -0.550. The first kappa shape index (κ1) is 14.9. The largest absolute Gasteiger partial charge is 0.456 e. The molecule has 0 unspecified atom stereocenters. The first-order valence-electron chi connectivity index (χ1n) is 5.08. The third kappa shape index (κ3) is 3.51. The zero-order chi connectivity index (χ0) is 14.0. The molecule has 2 rings (SSSR count). The van der Waals surface area contributed by atoms with Crippen LogP contribution in [0.1, 0.15) is 10.4 Å². The highest BCUT2D eigenvalue weighted by atomic mass is 79.9. The summed E-state index contributed by atoms with van der Waals surface area (Å²) < 4.78 is 6.99. The van der Waals surface area contributed by atoms with Gasteiger partial charge in [0.25, 0.3) is 0 Å². The number of carbonyl (C=O) groups is 1. The number of halogens is 4. The van der Waals surface area contributed by atoms with E-state index in [2.05, 4.69) is 31.9 Å². The monoisotopic (exact) mass is 422 g/mol. The number of aldehydes is 1. The van der Waals surface area contributed by atoms with Crippen molar-refractivity contribution in [2.75, 3.05) is 0 Å². The van der Waals surface area contributed by atoms with Gasteiger partial charge in [0, 0.05) is 20.6 Å². The molecule has 0 spiro atoms. The van der Waals surface area contributed by atoms with Crippen molar-refractivity contribution in [3.8, 4) is 11.5 Å². The maximum absolute atomic E-state index is 10.7. The highest BCUT2D eigenvalue weighted by Crippen LogP contribution is 2.37. The predicted molar refractivity (Wildman–Crippen MR) is 83.8 cm³/mol. The number of hydrogen-bond acceptors (Lipinski definition) is 2. The molecule has 6 heteroatoms. The fourth-order valence-electron chi connectivity index (χ4n) is 1.38. The van der Waals surface area contributed by atoms with E-state index < -0.39 is 0 Å². The van der Waals surface area contributed by atoms with Gasteiger partial charge in [-0.3, -0.25) is 4.79 Å². The lowest BCUT2D eigenvalue weighted by atomic mass is 10.2. The van der Waals surface area contributed by atoms with Gasteiger partial charge in [0.05, 0.1) is 10.0 Å². The van der Waals surface area contributed by atoms with Gasteiger partial charge in [-0.1, -0.05) is 23.2 Å². The molecule has 0 radical (unpaired) electrons. The molecule has 0 saturated heterocycles. The Bertz CT molecular complexity index is 645. The third-order valence-corrected chi connectivity index (χ3v) is 4.48. The lowest BCUT2D eigenvalue weighted by Crippen LogP contribution is -1.88. The van der Waals surface area contributed by atoms with E-state index in [1.165, 1.54) is 0 Å². The first-order valence-corrected chi connectivity index (χ1v) is 7.42. The average Bonchev–Trinajstić information content (AvgIpc) is 2.36. The van der Waals surface area contributed by atoms with E-state index in [9.17, 15) is 4.79 Å². The molecule has 0 aliphatic carbocycles. The summed E-state index contributed by atoms with van der Waals surface area (Å²) in [6, 6.07) is 8.31. The minimum absolute atomic E-state index is 0.437.